The molecule has 0 spiro atoms. The van der Waals surface area contributed by atoms with Crippen LogP contribution in [0.2, 0.25) is 0 Å². The fourth-order valence-corrected chi connectivity index (χ4v) is 2.95. The van der Waals surface area contributed by atoms with E-state index >= 15 is 0 Å². The third kappa shape index (κ3) is 8.67. The summed E-state index contributed by atoms with van der Waals surface area (Å²) in [5.41, 5.74) is 7.66. The lowest BCUT2D eigenvalue weighted by Crippen LogP contribution is -2.38. The van der Waals surface area contributed by atoms with E-state index in [1.54, 1.807) is 12.2 Å². The van der Waals surface area contributed by atoms with Gasteiger partial charge in [0, 0.05) is 18.3 Å². The van der Waals surface area contributed by atoms with Crippen LogP contribution in [-0.2, 0) is 9.59 Å². The number of nitrogens with one attached hydrogen (secondary N) is 2. The van der Waals surface area contributed by atoms with Crippen LogP contribution in [0.1, 0.15) is 59.3 Å². The van der Waals surface area contributed by atoms with E-state index in [0.717, 1.165) is 50.2 Å². The largest absolute Gasteiger partial charge is 0.401 e. The smallest absolute Gasteiger partial charge is 0.255 e. The molecule has 2 unspecified atom stereocenters. The van der Waals surface area contributed by atoms with Crippen LogP contribution in [-0.4, -0.2) is 24.4 Å². The average molecular weight is 374 g/mol. The number of carbonyl (C=O) groups excluding carboxylic acids is 2. The van der Waals surface area contributed by atoms with E-state index in [-0.39, 0.29) is 17.9 Å². The van der Waals surface area contributed by atoms with E-state index < -0.39 is 11.9 Å². The minimum absolute atomic E-state index is 0.0714. The maximum atomic E-state index is 12.8. The van der Waals surface area contributed by atoms with Crippen molar-refractivity contribution < 1.29 is 9.59 Å². The van der Waals surface area contributed by atoms with E-state index in [1.807, 2.05) is 26.0 Å². The van der Waals surface area contributed by atoms with E-state index in [4.69, 9.17) is 11.1 Å². The Morgan fingerprint density at radius 1 is 1.30 bits per heavy atom. The Balaban J connectivity index is 5.57. The minimum Gasteiger partial charge on any atom is -0.401 e. The minimum atomic E-state index is -0.493. The summed E-state index contributed by atoms with van der Waals surface area (Å²) in [6, 6.07) is -0.493. The highest BCUT2D eigenvalue weighted by atomic mass is 16.2. The average Bonchev–Trinajstić information content (AvgIpc) is 2.65. The molecule has 1 amide bonds. The molecule has 5 heteroatoms. The fourth-order valence-electron chi connectivity index (χ4n) is 2.95. The molecule has 0 radical (unpaired) electrons. The maximum Gasteiger partial charge on any atom is 0.255 e. The predicted octanol–water partition coefficient (Wildman–Crippen LogP) is 4.22. The van der Waals surface area contributed by atoms with Gasteiger partial charge in [0.15, 0.2) is 0 Å². The molecule has 150 valence electrons. The van der Waals surface area contributed by atoms with Gasteiger partial charge in [-0.2, -0.15) is 0 Å². The van der Waals surface area contributed by atoms with Gasteiger partial charge in [-0.1, -0.05) is 64.0 Å². The van der Waals surface area contributed by atoms with Gasteiger partial charge in [-0.25, -0.2) is 0 Å². The second-order valence-electron chi connectivity index (χ2n) is 6.45. The Morgan fingerprint density at radius 3 is 2.48 bits per heavy atom. The van der Waals surface area contributed by atoms with Crippen LogP contribution in [0.15, 0.2) is 47.7 Å². The van der Waals surface area contributed by atoms with Crippen molar-refractivity contribution in [2.24, 2.45) is 11.7 Å². The molecule has 0 saturated heterocycles. The Kier molecular flexibility index (Phi) is 13.4. The first-order valence-electron chi connectivity index (χ1n) is 9.70. The van der Waals surface area contributed by atoms with Crippen molar-refractivity contribution in [3.05, 3.63) is 47.7 Å². The summed E-state index contributed by atoms with van der Waals surface area (Å²) < 4.78 is 0. The quantitative estimate of drug-likeness (QED) is 0.140. The number of rotatable bonds is 14. The molecule has 0 aliphatic heterocycles. The summed E-state index contributed by atoms with van der Waals surface area (Å²) in [5, 5.41) is 10.5. The summed E-state index contributed by atoms with van der Waals surface area (Å²) >= 11 is 0. The zero-order valence-corrected chi connectivity index (χ0v) is 17.0. The third-order valence-electron chi connectivity index (χ3n) is 4.50. The number of amides is 1. The second-order valence-corrected chi connectivity index (χ2v) is 6.45. The van der Waals surface area contributed by atoms with Gasteiger partial charge in [0.25, 0.3) is 5.91 Å². The zero-order valence-electron chi connectivity index (χ0n) is 17.0. The summed E-state index contributed by atoms with van der Waals surface area (Å²) in [6.45, 7) is 9.72. The summed E-state index contributed by atoms with van der Waals surface area (Å²) in [4.78, 5) is 23.8. The molecule has 5 nitrogen and oxygen atoms in total. The number of unbranched alkanes of at least 4 members (excludes halogenated alkanes) is 2. The van der Waals surface area contributed by atoms with Crippen LogP contribution in [0, 0.1) is 11.3 Å². The maximum absolute atomic E-state index is 12.8. The normalized spacial score (nSPS) is 15.0. The molecule has 0 aliphatic rings. The number of hydrogen-bond acceptors (Lipinski definition) is 4. The third-order valence-corrected chi connectivity index (χ3v) is 4.50. The van der Waals surface area contributed by atoms with Gasteiger partial charge >= 0.3 is 0 Å². The lowest BCUT2D eigenvalue weighted by atomic mass is 9.92. The first kappa shape index (κ1) is 24.6. The monoisotopic (exact) mass is 373 g/mol. The van der Waals surface area contributed by atoms with Crippen molar-refractivity contribution in [3.63, 3.8) is 0 Å². The summed E-state index contributed by atoms with van der Waals surface area (Å²) in [7, 11) is 0. The molecular weight excluding hydrogens is 338 g/mol. The van der Waals surface area contributed by atoms with E-state index in [0.29, 0.717) is 5.70 Å². The first-order valence-corrected chi connectivity index (χ1v) is 9.70. The summed E-state index contributed by atoms with van der Waals surface area (Å²) in [5.74, 6) is -0.357. The lowest BCUT2D eigenvalue weighted by molar-refractivity contribution is -0.117. The number of allylic oxidation sites excluding steroid dienone is 4. The number of carbonyl (C=O) groups is 2. The fraction of sp³-hybridized carbons (Fsp3) is 0.500. The van der Waals surface area contributed by atoms with Crippen LogP contribution in [0.5, 0.6) is 0 Å². The van der Waals surface area contributed by atoms with Gasteiger partial charge in [-0.3, -0.25) is 4.79 Å². The molecule has 0 fully saturated rings. The van der Waals surface area contributed by atoms with Gasteiger partial charge in [-0.15, -0.1) is 0 Å². The van der Waals surface area contributed by atoms with Gasteiger partial charge in [0.2, 0.25) is 0 Å². The first-order chi connectivity index (χ1) is 13.0. The van der Waals surface area contributed by atoms with Crippen molar-refractivity contribution >= 4 is 18.4 Å². The molecule has 0 aliphatic carbocycles. The van der Waals surface area contributed by atoms with Crippen LogP contribution in [0.4, 0.5) is 0 Å². The highest BCUT2D eigenvalue weighted by molar-refractivity contribution is 6.12. The molecule has 0 aromatic rings. The van der Waals surface area contributed by atoms with Gasteiger partial charge in [0.1, 0.15) is 6.29 Å². The highest BCUT2D eigenvalue weighted by Crippen LogP contribution is 2.21. The molecule has 4 N–H and O–H groups in total. The van der Waals surface area contributed by atoms with E-state index in [1.165, 1.54) is 0 Å². The molecule has 0 saturated carbocycles. The second kappa shape index (κ2) is 14.7. The summed E-state index contributed by atoms with van der Waals surface area (Å²) in [6.07, 6.45) is 13.9. The van der Waals surface area contributed by atoms with Crippen LogP contribution in [0.3, 0.4) is 0 Å². The van der Waals surface area contributed by atoms with Crippen molar-refractivity contribution in [1.29, 1.82) is 5.41 Å². The van der Waals surface area contributed by atoms with Crippen molar-refractivity contribution in [2.75, 3.05) is 0 Å². The Hall–Kier alpha value is -2.43. The molecule has 0 aromatic heterocycles. The van der Waals surface area contributed by atoms with Gasteiger partial charge < -0.3 is 21.3 Å². The van der Waals surface area contributed by atoms with Crippen molar-refractivity contribution in [2.45, 2.75) is 65.3 Å². The lowest BCUT2D eigenvalue weighted by Gasteiger charge is -2.21. The SMILES string of the molecule is C=C/C=C(\C=C/C)C(CC=O)NC(=O)/C(C=N)=C(/N)C(CC)CCCCC. The highest BCUT2D eigenvalue weighted by Gasteiger charge is 2.21. The Morgan fingerprint density at radius 2 is 2.00 bits per heavy atom. The van der Waals surface area contributed by atoms with Crippen molar-refractivity contribution in [3.8, 4) is 0 Å². The van der Waals surface area contributed by atoms with Crippen LogP contribution < -0.4 is 11.1 Å². The van der Waals surface area contributed by atoms with Crippen molar-refractivity contribution in [1.82, 2.24) is 5.32 Å². The molecule has 27 heavy (non-hydrogen) atoms. The van der Waals surface area contributed by atoms with Gasteiger partial charge in [-0.05, 0) is 31.3 Å². The molecule has 0 rings (SSSR count). The standard InChI is InChI=1S/C22H35N3O2/c1-5-9-10-13-17(8-4)21(24)19(16-23)22(27)25-20(14-15-26)18(11-6-2)12-7-3/h6-7,11-12,15-17,20,23H,2,5,8-10,13-14,24H2,1,3-4H3,(H,25,27)/b12-7-,18-11+,21-19+,23-16?. The van der Waals surface area contributed by atoms with Crippen LogP contribution in [0.25, 0.3) is 0 Å². The number of aldehydes is 1. The number of hydrogen-bond donors (Lipinski definition) is 3. The predicted molar refractivity (Wildman–Crippen MR) is 114 cm³/mol. The van der Waals surface area contributed by atoms with E-state index in [9.17, 15) is 9.59 Å². The molecule has 0 heterocycles. The zero-order chi connectivity index (χ0) is 20.7. The van der Waals surface area contributed by atoms with Crippen LogP contribution >= 0.6 is 0 Å². The molecule has 2 atom stereocenters. The molecule has 0 bridgehead atoms. The Labute approximate surface area is 164 Å². The Bertz CT molecular complexity index is 588. The van der Waals surface area contributed by atoms with E-state index in [2.05, 4.69) is 18.8 Å². The topological polar surface area (TPSA) is 96.0 Å². The molecule has 0 aromatic carbocycles. The van der Waals surface area contributed by atoms with Gasteiger partial charge in [0.05, 0.1) is 11.6 Å². The molecular formula is C22H35N3O2. The number of nitrogens with two attached hydrogens (primary N) is 1.